The van der Waals surface area contributed by atoms with Crippen LogP contribution in [-0.4, -0.2) is 24.7 Å². The molecule has 0 N–H and O–H groups in total. The van der Waals surface area contributed by atoms with E-state index in [1.807, 2.05) is 0 Å². The van der Waals surface area contributed by atoms with Crippen molar-refractivity contribution in [2.24, 2.45) is 0 Å². The molecule has 1 aromatic heterocycles. The van der Waals surface area contributed by atoms with Crippen molar-refractivity contribution in [3.05, 3.63) is 23.0 Å². The van der Waals surface area contributed by atoms with Gasteiger partial charge in [0.25, 0.3) is 6.43 Å². The molecule has 0 unspecified atom stereocenters. The molecule has 0 radical (unpaired) electrons. The summed E-state index contributed by atoms with van der Waals surface area (Å²) in [5.74, 6) is -1.91. The van der Waals surface area contributed by atoms with E-state index in [0.29, 0.717) is 6.07 Å². The number of alkyl halides is 5. The fourth-order valence-electron chi connectivity index (χ4n) is 1.63. The van der Waals surface area contributed by atoms with E-state index >= 15 is 0 Å². The van der Waals surface area contributed by atoms with Gasteiger partial charge in [-0.3, -0.25) is 4.79 Å². The van der Waals surface area contributed by atoms with Crippen molar-refractivity contribution in [3.8, 4) is 5.75 Å². The Hall–Kier alpha value is -1.93. The van der Waals surface area contributed by atoms with Crippen molar-refractivity contribution < 1.29 is 36.2 Å². The second kappa shape index (κ2) is 6.68. The lowest BCUT2D eigenvalue weighted by Crippen LogP contribution is -2.15. The Morgan fingerprint density at radius 3 is 2.43 bits per heavy atom. The number of hydrogen-bond donors (Lipinski definition) is 0. The lowest BCUT2D eigenvalue weighted by Gasteiger charge is -2.16. The first-order valence-corrected chi connectivity index (χ1v) is 5.79. The molecule has 0 aromatic carbocycles. The Bertz CT molecular complexity index is 516. The summed E-state index contributed by atoms with van der Waals surface area (Å²) in [6.07, 6.45) is -8.83. The molecule has 118 valence electrons. The number of esters is 1. The van der Waals surface area contributed by atoms with E-state index in [1.165, 1.54) is 6.92 Å². The summed E-state index contributed by atoms with van der Waals surface area (Å²) in [6.45, 7) is 1.52. The normalized spacial score (nSPS) is 11.6. The zero-order valence-electron chi connectivity index (χ0n) is 11.1. The van der Waals surface area contributed by atoms with E-state index in [-0.39, 0.29) is 6.61 Å². The van der Waals surface area contributed by atoms with Gasteiger partial charge in [0.05, 0.1) is 25.8 Å². The van der Waals surface area contributed by atoms with Gasteiger partial charge in [-0.1, -0.05) is 0 Å². The first-order chi connectivity index (χ1) is 9.70. The van der Waals surface area contributed by atoms with E-state index in [1.54, 1.807) is 0 Å². The lowest BCUT2D eigenvalue weighted by atomic mass is 10.1. The molecule has 0 saturated carbocycles. The average molecular weight is 313 g/mol. The van der Waals surface area contributed by atoms with Crippen molar-refractivity contribution >= 4 is 5.97 Å². The van der Waals surface area contributed by atoms with Gasteiger partial charge in [0, 0.05) is 0 Å². The predicted molar refractivity (Wildman–Crippen MR) is 61.1 cm³/mol. The second-order valence-corrected chi connectivity index (χ2v) is 3.86. The van der Waals surface area contributed by atoms with Crippen molar-refractivity contribution in [2.45, 2.75) is 25.9 Å². The summed E-state index contributed by atoms with van der Waals surface area (Å²) in [4.78, 5) is 14.6. The van der Waals surface area contributed by atoms with Crippen LogP contribution in [0.3, 0.4) is 0 Å². The first-order valence-electron chi connectivity index (χ1n) is 5.79. The molecule has 0 amide bonds. The highest BCUT2D eigenvalue weighted by Gasteiger charge is 2.38. The number of carbonyl (C=O) groups is 1. The maximum absolute atomic E-state index is 12.9. The molecule has 0 spiro atoms. The van der Waals surface area contributed by atoms with Crippen molar-refractivity contribution in [3.63, 3.8) is 0 Å². The highest BCUT2D eigenvalue weighted by Crippen LogP contribution is 2.40. The minimum Gasteiger partial charge on any atom is -0.494 e. The van der Waals surface area contributed by atoms with Gasteiger partial charge >= 0.3 is 12.1 Å². The van der Waals surface area contributed by atoms with Crippen LogP contribution >= 0.6 is 0 Å². The van der Waals surface area contributed by atoms with E-state index in [0.717, 1.165) is 7.11 Å². The number of hydrogen-bond acceptors (Lipinski definition) is 4. The Balaban J connectivity index is 3.35. The molecule has 21 heavy (non-hydrogen) atoms. The van der Waals surface area contributed by atoms with Crippen molar-refractivity contribution in [1.29, 1.82) is 0 Å². The summed E-state index contributed by atoms with van der Waals surface area (Å²) in [5, 5.41) is 0. The minimum atomic E-state index is -4.92. The van der Waals surface area contributed by atoms with Crippen LogP contribution in [0.1, 0.15) is 30.3 Å². The van der Waals surface area contributed by atoms with Gasteiger partial charge in [0.1, 0.15) is 11.3 Å². The molecule has 1 aromatic rings. The van der Waals surface area contributed by atoms with Gasteiger partial charge in [-0.25, -0.2) is 13.8 Å². The van der Waals surface area contributed by atoms with Crippen LogP contribution in [0.2, 0.25) is 0 Å². The summed E-state index contributed by atoms with van der Waals surface area (Å²) >= 11 is 0. The second-order valence-electron chi connectivity index (χ2n) is 3.86. The first kappa shape index (κ1) is 17.1. The Labute approximate surface area is 116 Å². The standard InChI is InChI=1S/C12H12F5NO3/c1-3-21-8(19)5-6-4-7(12(15,16)17)10(20-2)9(18-6)11(13)14/h4,11H,3,5H2,1-2H3. The monoisotopic (exact) mass is 313 g/mol. The fraction of sp³-hybridized carbons (Fsp3) is 0.500. The van der Waals surface area contributed by atoms with Crippen LogP contribution in [0.5, 0.6) is 5.75 Å². The van der Waals surface area contributed by atoms with Crippen LogP contribution in [0, 0.1) is 0 Å². The fourth-order valence-corrected chi connectivity index (χ4v) is 1.63. The number of aromatic nitrogens is 1. The quantitative estimate of drug-likeness (QED) is 0.619. The number of nitrogens with zero attached hydrogens (tertiary/aromatic N) is 1. The molecule has 9 heteroatoms. The highest BCUT2D eigenvalue weighted by molar-refractivity contribution is 5.72. The van der Waals surface area contributed by atoms with Crippen LogP contribution < -0.4 is 4.74 Å². The van der Waals surface area contributed by atoms with Gasteiger partial charge in [0.15, 0.2) is 5.75 Å². The van der Waals surface area contributed by atoms with Crippen LogP contribution in [0.25, 0.3) is 0 Å². The summed E-state index contributed by atoms with van der Waals surface area (Å²) in [6, 6.07) is 0.502. The van der Waals surface area contributed by atoms with Gasteiger partial charge < -0.3 is 9.47 Å². The summed E-state index contributed by atoms with van der Waals surface area (Å²) in [5.41, 5.74) is -3.03. The van der Waals surface area contributed by atoms with E-state index < -0.39 is 47.7 Å². The smallest absolute Gasteiger partial charge is 0.420 e. The molecule has 0 atom stereocenters. The molecular formula is C12H12F5NO3. The third-order valence-corrected chi connectivity index (χ3v) is 2.40. The molecule has 0 bridgehead atoms. The largest absolute Gasteiger partial charge is 0.494 e. The molecule has 0 saturated heterocycles. The summed E-state index contributed by atoms with van der Waals surface area (Å²) in [7, 11) is 0.836. The molecule has 1 rings (SSSR count). The van der Waals surface area contributed by atoms with E-state index in [4.69, 9.17) is 0 Å². The molecule has 4 nitrogen and oxygen atoms in total. The number of methoxy groups -OCH3 is 1. The molecule has 1 heterocycles. The lowest BCUT2D eigenvalue weighted by molar-refractivity contribution is -0.143. The third kappa shape index (κ3) is 4.27. The molecule has 0 aliphatic rings. The van der Waals surface area contributed by atoms with Crippen molar-refractivity contribution in [2.75, 3.05) is 13.7 Å². The maximum atomic E-state index is 12.9. The number of halogens is 5. The Morgan fingerprint density at radius 2 is 2.00 bits per heavy atom. The molecule has 0 aliphatic carbocycles. The summed E-state index contributed by atoms with van der Waals surface area (Å²) < 4.78 is 73.2. The van der Waals surface area contributed by atoms with Gasteiger partial charge in [-0.15, -0.1) is 0 Å². The number of pyridine rings is 1. The molecule has 0 fully saturated rings. The van der Waals surface area contributed by atoms with Crippen molar-refractivity contribution in [1.82, 2.24) is 4.98 Å². The van der Waals surface area contributed by atoms with Crippen LogP contribution in [-0.2, 0) is 22.1 Å². The highest BCUT2D eigenvalue weighted by atomic mass is 19.4. The zero-order valence-corrected chi connectivity index (χ0v) is 11.1. The Kier molecular flexibility index (Phi) is 5.45. The third-order valence-electron chi connectivity index (χ3n) is 2.40. The van der Waals surface area contributed by atoms with E-state index in [2.05, 4.69) is 14.5 Å². The number of rotatable bonds is 5. The van der Waals surface area contributed by atoms with Crippen LogP contribution in [0.4, 0.5) is 22.0 Å². The van der Waals surface area contributed by atoms with Crippen LogP contribution in [0.15, 0.2) is 6.07 Å². The maximum Gasteiger partial charge on any atom is 0.420 e. The average Bonchev–Trinajstić information content (AvgIpc) is 2.36. The topological polar surface area (TPSA) is 48.4 Å². The molecule has 0 aliphatic heterocycles. The van der Waals surface area contributed by atoms with Gasteiger partial charge in [-0.05, 0) is 13.0 Å². The predicted octanol–water partition coefficient (Wildman–Crippen LogP) is 3.15. The zero-order chi connectivity index (χ0) is 16.2. The SMILES string of the molecule is CCOC(=O)Cc1cc(C(F)(F)F)c(OC)c(C(F)F)n1. The molecular weight excluding hydrogens is 301 g/mol. The number of carbonyl (C=O) groups excluding carboxylic acids is 1. The van der Waals surface area contributed by atoms with Gasteiger partial charge in [0.2, 0.25) is 0 Å². The Morgan fingerprint density at radius 1 is 1.38 bits per heavy atom. The van der Waals surface area contributed by atoms with E-state index in [9.17, 15) is 26.7 Å². The number of ether oxygens (including phenoxy) is 2. The minimum absolute atomic E-state index is 0.0167. The van der Waals surface area contributed by atoms with Gasteiger partial charge in [-0.2, -0.15) is 13.2 Å².